The Morgan fingerprint density at radius 2 is 1.83 bits per heavy atom. The fraction of sp³-hybridized carbons (Fsp3) is 0.471. The fourth-order valence-corrected chi connectivity index (χ4v) is 2.46. The highest BCUT2D eigenvalue weighted by molar-refractivity contribution is 5.97. The first kappa shape index (κ1) is 17.9. The molecule has 1 aliphatic heterocycles. The van der Waals surface area contributed by atoms with Crippen LogP contribution >= 0.6 is 0 Å². The Morgan fingerprint density at radius 3 is 2.54 bits per heavy atom. The highest BCUT2D eigenvalue weighted by atomic mass is 16.5. The molecule has 0 aliphatic carbocycles. The Balaban J connectivity index is 1.86. The van der Waals surface area contributed by atoms with Gasteiger partial charge in [0.05, 0.1) is 13.2 Å². The summed E-state index contributed by atoms with van der Waals surface area (Å²) < 4.78 is 5.24. The van der Waals surface area contributed by atoms with E-state index < -0.39 is 5.97 Å². The Kier molecular flexibility index (Phi) is 6.74. The lowest BCUT2D eigenvalue weighted by atomic mass is 10.1. The van der Waals surface area contributed by atoms with Gasteiger partial charge < -0.3 is 20.1 Å². The number of hydrogen-bond acceptors (Lipinski definition) is 4. The lowest BCUT2D eigenvalue weighted by molar-refractivity contribution is -0.137. The van der Waals surface area contributed by atoms with Crippen molar-refractivity contribution < 1.29 is 24.2 Å². The number of ether oxygens (including phenoxy) is 1. The van der Waals surface area contributed by atoms with Crippen LogP contribution in [0.1, 0.15) is 36.0 Å². The van der Waals surface area contributed by atoms with Crippen molar-refractivity contribution in [1.29, 1.82) is 0 Å². The quantitative estimate of drug-likeness (QED) is 0.741. The highest BCUT2D eigenvalue weighted by Crippen LogP contribution is 2.14. The van der Waals surface area contributed by atoms with Gasteiger partial charge in [0.2, 0.25) is 5.91 Å². The minimum atomic E-state index is -0.857. The van der Waals surface area contributed by atoms with Crippen LogP contribution in [-0.4, -0.2) is 54.1 Å². The molecule has 1 fully saturated rings. The number of nitrogens with one attached hydrogen (secondary N) is 1. The second-order valence-electron chi connectivity index (χ2n) is 5.63. The highest BCUT2D eigenvalue weighted by Gasteiger charge is 2.18. The maximum absolute atomic E-state index is 12.4. The average Bonchev–Trinajstić information content (AvgIpc) is 2.59. The van der Waals surface area contributed by atoms with Crippen molar-refractivity contribution in [2.45, 2.75) is 25.7 Å². The normalized spacial score (nSPS) is 14.2. The van der Waals surface area contributed by atoms with Gasteiger partial charge in [-0.25, -0.2) is 0 Å². The number of rotatable bonds is 7. The van der Waals surface area contributed by atoms with Crippen molar-refractivity contribution in [3.05, 3.63) is 29.8 Å². The van der Waals surface area contributed by atoms with E-state index in [9.17, 15) is 14.4 Å². The van der Waals surface area contributed by atoms with Gasteiger partial charge in [-0.15, -0.1) is 0 Å². The molecule has 1 saturated heterocycles. The number of carboxylic acids is 1. The molecule has 130 valence electrons. The fourth-order valence-electron chi connectivity index (χ4n) is 2.46. The SMILES string of the molecule is O=C(O)CCCCC(=O)Nc1cccc(C(=O)N2CCOCC2)c1. The summed E-state index contributed by atoms with van der Waals surface area (Å²) in [5, 5.41) is 11.3. The minimum absolute atomic E-state index is 0.0663. The molecule has 1 aromatic carbocycles. The number of benzene rings is 1. The van der Waals surface area contributed by atoms with Gasteiger partial charge in [-0.1, -0.05) is 6.07 Å². The van der Waals surface area contributed by atoms with Gasteiger partial charge in [0.15, 0.2) is 0 Å². The van der Waals surface area contributed by atoms with Crippen molar-refractivity contribution in [1.82, 2.24) is 4.90 Å². The lowest BCUT2D eigenvalue weighted by Crippen LogP contribution is -2.40. The topological polar surface area (TPSA) is 95.9 Å². The molecule has 0 atom stereocenters. The van der Waals surface area contributed by atoms with E-state index in [0.29, 0.717) is 50.4 Å². The van der Waals surface area contributed by atoms with E-state index in [1.54, 1.807) is 29.2 Å². The summed E-state index contributed by atoms with van der Waals surface area (Å²) in [6.45, 7) is 2.22. The number of carbonyl (C=O) groups excluding carboxylic acids is 2. The van der Waals surface area contributed by atoms with Crippen LogP contribution in [0.25, 0.3) is 0 Å². The molecule has 1 aliphatic rings. The average molecular weight is 334 g/mol. The third-order valence-electron chi connectivity index (χ3n) is 3.74. The maximum atomic E-state index is 12.4. The van der Waals surface area contributed by atoms with Crippen LogP contribution in [0.4, 0.5) is 5.69 Å². The smallest absolute Gasteiger partial charge is 0.303 e. The molecule has 7 heteroatoms. The molecule has 1 aromatic rings. The zero-order valence-corrected chi connectivity index (χ0v) is 13.5. The summed E-state index contributed by atoms with van der Waals surface area (Å²) in [5.74, 6) is -1.11. The van der Waals surface area contributed by atoms with Crippen LogP contribution in [0.3, 0.4) is 0 Å². The van der Waals surface area contributed by atoms with E-state index in [2.05, 4.69) is 5.32 Å². The van der Waals surface area contributed by atoms with Crippen LogP contribution < -0.4 is 5.32 Å². The first-order valence-electron chi connectivity index (χ1n) is 8.05. The van der Waals surface area contributed by atoms with E-state index in [1.807, 2.05) is 0 Å². The van der Waals surface area contributed by atoms with Gasteiger partial charge in [-0.3, -0.25) is 14.4 Å². The van der Waals surface area contributed by atoms with Gasteiger partial charge in [0.1, 0.15) is 0 Å². The molecule has 24 heavy (non-hydrogen) atoms. The van der Waals surface area contributed by atoms with Crippen LogP contribution in [0.15, 0.2) is 24.3 Å². The molecular formula is C17H22N2O5. The molecular weight excluding hydrogens is 312 g/mol. The molecule has 0 bridgehead atoms. The van der Waals surface area contributed by atoms with Gasteiger partial charge in [0.25, 0.3) is 5.91 Å². The molecule has 0 spiro atoms. The van der Waals surface area contributed by atoms with Crippen LogP contribution in [0.5, 0.6) is 0 Å². The Bertz CT molecular complexity index is 596. The first-order valence-corrected chi connectivity index (χ1v) is 8.05. The van der Waals surface area contributed by atoms with E-state index in [0.717, 1.165) is 0 Å². The van der Waals surface area contributed by atoms with Crippen LogP contribution in [-0.2, 0) is 14.3 Å². The van der Waals surface area contributed by atoms with Gasteiger partial charge in [0, 0.05) is 37.2 Å². The third-order valence-corrected chi connectivity index (χ3v) is 3.74. The summed E-state index contributed by atoms with van der Waals surface area (Å²) in [6, 6.07) is 6.84. The second kappa shape index (κ2) is 9.02. The van der Waals surface area contributed by atoms with Crippen LogP contribution in [0, 0.1) is 0 Å². The Hall–Kier alpha value is -2.41. The minimum Gasteiger partial charge on any atom is -0.481 e. The predicted molar refractivity (Wildman–Crippen MR) is 87.9 cm³/mol. The standard InChI is InChI=1S/C17H22N2O5/c20-15(6-1-2-7-16(21)22)18-14-5-3-4-13(12-14)17(23)19-8-10-24-11-9-19/h3-5,12H,1-2,6-11H2,(H,18,20)(H,21,22). The second-order valence-corrected chi connectivity index (χ2v) is 5.63. The summed E-state index contributed by atoms with van der Waals surface area (Å²) in [4.78, 5) is 36.4. The molecule has 0 aromatic heterocycles. The lowest BCUT2D eigenvalue weighted by Gasteiger charge is -2.27. The number of nitrogens with zero attached hydrogens (tertiary/aromatic N) is 1. The summed E-state index contributed by atoms with van der Waals surface area (Å²) in [5.41, 5.74) is 1.10. The van der Waals surface area contributed by atoms with Gasteiger partial charge in [-0.05, 0) is 31.0 Å². The number of aliphatic carboxylic acids is 1. The molecule has 2 N–H and O–H groups in total. The summed E-state index contributed by atoms with van der Waals surface area (Å²) in [7, 11) is 0. The summed E-state index contributed by atoms with van der Waals surface area (Å²) in [6.07, 6.45) is 1.31. The maximum Gasteiger partial charge on any atom is 0.303 e. The largest absolute Gasteiger partial charge is 0.481 e. The molecule has 0 radical (unpaired) electrons. The monoisotopic (exact) mass is 334 g/mol. The number of amides is 2. The van der Waals surface area contributed by atoms with Crippen molar-refractivity contribution in [3.8, 4) is 0 Å². The van der Waals surface area contributed by atoms with Gasteiger partial charge >= 0.3 is 5.97 Å². The molecule has 7 nitrogen and oxygen atoms in total. The van der Waals surface area contributed by atoms with Crippen molar-refractivity contribution in [2.75, 3.05) is 31.6 Å². The molecule has 0 unspecified atom stereocenters. The van der Waals surface area contributed by atoms with Crippen molar-refractivity contribution in [2.24, 2.45) is 0 Å². The number of unbranched alkanes of at least 4 members (excludes halogenated alkanes) is 1. The van der Waals surface area contributed by atoms with E-state index in [-0.39, 0.29) is 24.7 Å². The zero-order chi connectivity index (χ0) is 17.4. The third kappa shape index (κ3) is 5.66. The number of anilines is 1. The van der Waals surface area contributed by atoms with E-state index in [4.69, 9.17) is 9.84 Å². The molecule has 2 amide bonds. The number of carbonyl (C=O) groups is 3. The predicted octanol–water partition coefficient (Wildman–Crippen LogP) is 1.74. The van der Waals surface area contributed by atoms with Crippen molar-refractivity contribution in [3.63, 3.8) is 0 Å². The van der Waals surface area contributed by atoms with Crippen molar-refractivity contribution >= 4 is 23.5 Å². The van der Waals surface area contributed by atoms with E-state index in [1.165, 1.54) is 0 Å². The van der Waals surface area contributed by atoms with Crippen LogP contribution in [0.2, 0.25) is 0 Å². The number of hydrogen-bond donors (Lipinski definition) is 2. The zero-order valence-electron chi connectivity index (χ0n) is 13.5. The Morgan fingerprint density at radius 1 is 1.12 bits per heavy atom. The number of carboxylic acid groups (broad SMARTS) is 1. The molecule has 1 heterocycles. The van der Waals surface area contributed by atoms with Gasteiger partial charge in [-0.2, -0.15) is 0 Å². The molecule has 0 saturated carbocycles. The Labute approximate surface area is 140 Å². The molecule has 2 rings (SSSR count). The number of morpholine rings is 1. The summed E-state index contributed by atoms with van der Waals surface area (Å²) >= 11 is 0. The first-order chi connectivity index (χ1) is 11.6. The van der Waals surface area contributed by atoms with E-state index >= 15 is 0 Å².